The van der Waals surface area contributed by atoms with E-state index in [0.29, 0.717) is 0 Å². The molecular weight excluding hydrogens is 280 g/mol. The average molecular weight is 285 g/mol. The lowest BCUT2D eigenvalue weighted by molar-refractivity contribution is -0.141. The molecule has 0 aromatic heterocycles. The van der Waals surface area contributed by atoms with Gasteiger partial charge in [0.1, 0.15) is 0 Å². The van der Waals surface area contributed by atoms with Crippen LogP contribution < -0.4 is 5.73 Å². The van der Waals surface area contributed by atoms with Crippen LogP contribution in [0.1, 0.15) is 31.8 Å². The Morgan fingerprint density at radius 2 is 1.58 bits per heavy atom. The molecule has 1 rings (SSSR count). The van der Waals surface area contributed by atoms with E-state index in [2.05, 4.69) is 5.73 Å². The largest absolute Gasteiger partial charge is 0.417 e. The summed E-state index contributed by atoms with van der Waals surface area (Å²) in [5, 5.41) is 0. The molecule has 0 aliphatic heterocycles. The third kappa shape index (κ3) is 3.04. The number of alkyl halides is 6. The highest BCUT2D eigenvalue weighted by Crippen LogP contribution is 2.38. The number of nitrogens with two attached hydrogens (primary N) is 1. The topological polar surface area (TPSA) is 60.2 Å². The Kier molecular flexibility index (Phi) is 3.60. The highest BCUT2D eigenvalue weighted by molar-refractivity contribution is 5.97. The molecule has 0 bridgehead atoms. The van der Waals surface area contributed by atoms with Crippen LogP contribution in [-0.4, -0.2) is 12.2 Å². The molecule has 104 valence electrons. The number of carbonyl (C=O) groups excluding carboxylic acids is 2. The summed E-state index contributed by atoms with van der Waals surface area (Å²) in [6.07, 6.45) is -10.6. The first kappa shape index (κ1) is 15.0. The van der Waals surface area contributed by atoms with Gasteiger partial charge in [-0.05, 0) is 12.1 Å². The maximum absolute atomic E-state index is 12.6. The molecule has 1 amide bonds. The summed E-state index contributed by atoms with van der Waals surface area (Å²) < 4.78 is 75.2. The highest BCUT2D eigenvalue weighted by Gasteiger charge is 2.40. The van der Waals surface area contributed by atoms with E-state index in [1.165, 1.54) is 0 Å². The molecule has 3 nitrogen and oxygen atoms in total. The van der Waals surface area contributed by atoms with E-state index >= 15 is 0 Å². The summed E-state index contributed by atoms with van der Waals surface area (Å²) in [5.74, 6) is -1.71. The van der Waals surface area contributed by atoms with Crippen LogP contribution in [0.2, 0.25) is 0 Å². The molecule has 9 heteroatoms. The van der Waals surface area contributed by atoms with Crippen LogP contribution in [0.3, 0.4) is 0 Å². The molecule has 2 N–H and O–H groups in total. The molecule has 0 unspecified atom stereocenters. The Morgan fingerprint density at radius 1 is 1.05 bits per heavy atom. The van der Waals surface area contributed by atoms with Crippen molar-refractivity contribution in [2.45, 2.75) is 12.4 Å². The molecule has 1 aromatic carbocycles. The number of hydrogen-bond donors (Lipinski definition) is 1. The van der Waals surface area contributed by atoms with Gasteiger partial charge in [-0.15, -0.1) is 0 Å². The second-order valence-corrected chi connectivity index (χ2v) is 3.47. The first-order valence-electron chi connectivity index (χ1n) is 4.56. The summed E-state index contributed by atoms with van der Waals surface area (Å²) in [6.45, 7) is 0. The number of aldehydes is 1. The number of hydrogen-bond acceptors (Lipinski definition) is 2. The summed E-state index contributed by atoms with van der Waals surface area (Å²) in [5.41, 5.74) is -1.40. The minimum Gasteiger partial charge on any atom is -0.366 e. The fourth-order valence-corrected chi connectivity index (χ4v) is 1.43. The maximum Gasteiger partial charge on any atom is 0.417 e. The number of benzene rings is 1. The molecule has 0 atom stereocenters. The van der Waals surface area contributed by atoms with Crippen molar-refractivity contribution in [3.05, 3.63) is 34.4 Å². The minimum absolute atomic E-state index is 0.0161. The Hall–Kier alpha value is -2.06. The Bertz CT molecular complexity index is 532. The quantitative estimate of drug-likeness (QED) is 0.670. The molecule has 0 saturated heterocycles. The van der Waals surface area contributed by atoms with Gasteiger partial charge in [0.2, 0.25) is 5.91 Å². The van der Waals surface area contributed by atoms with Gasteiger partial charge in [0, 0.05) is 5.56 Å². The zero-order valence-corrected chi connectivity index (χ0v) is 8.89. The molecule has 0 aliphatic rings. The van der Waals surface area contributed by atoms with Crippen LogP contribution in [0.15, 0.2) is 12.1 Å². The lowest BCUT2D eigenvalue weighted by Gasteiger charge is -2.16. The van der Waals surface area contributed by atoms with Crippen molar-refractivity contribution >= 4 is 12.2 Å². The zero-order valence-electron chi connectivity index (χ0n) is 8.89. The normalized spacial score (nSPS) is 12.3. The second-order valence-electron chi connectivity index (χ2n) is 3.47. The average Bonchev–Trinajstić information content (AvgIpc) is 2.24. The number of primary amides is 1. The van der Waals surface area contributed by atoms with Crippen molar-refractivity contribution in [3.63, 3.8) is 0 Å². The molecule has 0 spiro atoms. The predicted molar refractivity (Wildman–Crippen MR) is 50.4 cm³/mol. The Labute approximate surface area is 102 Å². The minimum atomic E-state index is -5.18. The monoisotopic (exact) mass is 285 g/mol. The number of rotatable bonds is 2. The molecule has 0 heterocycles. The smallest absolute Gasteiger partial charge is 0.366 e. The van der Waals surface area contributed by atoms with E-state index in [4.69, 9.17) is 0 Å². The van der Waals surface area contributed by atoms with Crippen molar-refractivity contribution in [2.24, 2.45) is 5.73 Å². The van der Waals surface area contributed by atoms with Gasteiger partial charge in [0.25, 0.3) is 0 Å². The van der Waals surface area contributed by atoms with Crippen molar-refractivity contribution in [1.29, 1.82) is 0 Å². The molecule has 19 heavy (non-hydrogen) atoms. The van der Waals surface area contributed by atoms with Gasteiger partial charge < -0.3 is 5.73 Å². The third-order valence-electron chi connectivity index (χ3n) is 2.17. The van der Waals surface area contributed by atoms with E-state index in [0.717, 1.165) is 0 Å². The van der Waals surface area contributed by atoms with E-state index < -0.39 is 46.8 Å². The molecule has 0 fully saturated rings. The van der Waals surface area contributed by atoms with Gasteiger partial charge in [-0.2, -0.15) is 26.3 Å². The van der Waals surface area contributed by atoms with E-state index in [-0.39, 0.29) is 12.1 Å². The summed E-state index contributed by atoms with van der Waals surface area (Å²) in [7, 11) is 0. The summed E-state index contributed by atoms with van der Waals surface area (Å²) >= 11 is 0. The van der Waals surface area contributed by atoms with Crippen molar-refractivity contribution in [1.82, 2.24) is 0 Å². The van der Waals surface area contributed by atoms with E-state index in [9.17, 15) is 35.9 Å². The van der Waals surface area contributed by atoms with Crippen LogP contribution in [0.5, 0.6) is 0 Å². The molecular formula is C10H5F6NO2. The maximum atomic E-state index is 12.6. The van der Waals surface area contributed by atoms with Gasteiger partial charge in [-0.1, -0.05) is 0 Å². The number of halogens is 6. The molecule has 0 aliphatic carbocycles. The predicted octanol–water partition coefficient (Wildman–Crippen LogP) is 2.64. The van der Waals surface area contributed by atoms with Crippen molar-refractivity contribution in [2.75, 3.05) is 0 Å². The Morgan fingerprint density at radius 3 is 1.89 bits per heavy atom. The molecule has 1 aromatic rings. The van der Waals surface area contributed by atoms with Crippen LogP contribution >= 0.6 is 0 Å². The van der Waals surface area contributed by atoms with Gasteiger partial charge in [-0.25, -0.2) is 0 Å². The van der Waals surface area contributed by atoms with Gasteiger partial charge in [0.15, 0.2) is 6.29 Å². The van der Waals surface area contributed by atoms with E-state index in [1.807, 2.05) is 0 Å². The standard InChI is InChI=1S/C10H5F6NO2/c11-9(12,13)5-1-4(3-18)7(10(14,15)16)6(2-5)8(17)19/h1-3H,(H2,17,19). The Balaban J connectivity index is 3.74. The fourth-order valence-electron chi connectivity index (χ4n) is 1.43. The SMILES string of the molecule is NC(=O)c1cc(C(F)(F)F)cc(C=O)c1C(F)(F)F. The first-order valence-corrected chi connectivity index (χ1v) is 4.56. The van der Waals surface area contributed by atoms with Crippen LogP contribution in [0.25, 0.3) is 0 Å². The third-order valence-corrected chi connectivity index (χ3v) is 2.17. The summed E-state index contributed by atoms with van der Waals surface area (Å²) in [4.78, 5) is 21.4. The van der Waals surface area contributed by atoms with Crippen molar-refractivity contribution < 1.29 is 35.9 Å². The fraction of sp³-hybridized carbons (Fsp3) is 0.200. The number of carbonyl (C=O) groups is 2. The van der Waals surface area contributed by atoms with Crippen LogP contribution in [-0.2, 0) is 12.4 Å². The summed E-state index contributed by atoms with van der Waals surface area (Å²) in [6, 6.07) is -0.0135. The lowest BCUT2D eigenvalue weighted by atomic mass is 9.97. The van der Waals surface area contributed by atoms with Gasteiger partial charge in [0.05, 0.1) is 16.7 Å². The molecule has 0 saturated carbocycles. The first-order chi connectivity index (χ1) is 8.48. The van der Waals surface area contributed by atoms with Gasteiger partial charge in [-0.3, -0.25) is 9.59 Å². The second kappa shape index (κ2) is 4.56. The highest BCUT2D eigenvalue weighted by atomic mass is 19.4. The van der Waals surface area contributed by atoms with Crippen molar-refractivity contribution in [3.8, 4) is 0 Å². The lowest BCUT2D eigenvalue weighted by Crippen LogP contribution is -2.22. The van der Waals surface area contributed by atoms with E-state index in [1.54, 1.807) is 0 Å². The number of amides is 1. The zero-order chi connectivity index (χ0) is 15.0. The molecule has 0 radical (unpaired) electrons. The van der Waals surface area contributed by atoms with Crippen LogP contribution in [0.4, 0.5) is 26.3 Å². The van der Waals surface area contributed by atoms with Gasteiger partial charge >= 0.3 is 12.4 Å². The van der Waals surface area contributed by atoms with Crippen LogP contribution in [0, 0.1) is 0 Å².